The van der Waals surface area contributed by atoms with Crippen molar-refractivity contribution in [1.29, 1.82) is 0 Å². The number of carbonyl (C=O) groups is 2. The van der Waals surface area contributed by atoms with Crippen LogP contribution in [0.3, 0.4) is 0 Å². The Morgan fingerprint density at radius 1 is 1.07 bits per heavy atom. The second-order valence-corrected chi connectivity index (χ2v) is 6.91. The third-order valence-corrected chi connectivity index (χ3v) is 4.66. The van der Waals surface area contributed by atoms with E-state index in [0.29, 0.717) is 10.2 Å². The van der Waals surface area contributed by atoms with E-state index < -0.39 is 0 Å². The molecular weight excluding hydrogens is 382 g/mol. The fraction of sp³-hybridized carbons (Fsp3) is 0.0500. The van der Waals surface area contributed by atoms with E-state index in [9.17, 15) is 9.59 Å². The minimum absolute atomic E-state index is 0.119. The lowest BCUT2D eigenvalue weighted by Crippen LogP contribution is -2.07. The van der Waals surface area contributed by atoms with Gasteiger partial charge in [-0.2, -0.15) is 0 Å². The molecule has 0 radical (unpaired) electrons. The minimum atomic E-state index is -0.281. The van der Waals surface area contributed by atoms with Crippen LogP contribution in [0, 0.1) is 0 Å². The van der Waals surface area contributed by atoms with E-state index in [4.69, 9.17) is 11.6 Å². The zero-order chi connectivity index (χ0) is 19.2. The van der Waals surface area contributed by atoms with Crippen molar-refractivity contribution >= 4 is 51.6 Å². The van der Waals surface area contributed by atoms with E-state index in [1.165, 1.54) is 24.3 Å². The maximum atomic E-state index is 12.1. The molecule has 0 fully saturated rings. The molecule has 0 spiro atoms. The number of anilines is 2. The third-order valence-electron chi connectivity index (χ3n) is 3.55. The van der Waals surface area contributed by atoms with Gasteiger partial charge in [0, 0.05) is 34.7 Å². The largest absolute Gasteiger partial charge is 0.326 e. The SMILES string of the molecule is CC(=O)Nc1ccc(-c2csc(NC(=O)/C=C/c3ccccc3Cl)n2)cc1. The second-order valence-electron chi connectivity index (χ2n) is 5.64. The van der Waals surface area contributed by atoms with Crippen molar-refractivity contribution in [3.8, 4) is 11.3 Å². The van der Waals surface area contributed by atoms with Gasteiger partial charge in [0.25, 0.3) is 0 Å². The lowest BCUT2D eigenvalue weighted by atomic mass is 10.1. The number of benzene rings is 2. The van der Waals surface area contributed by atoms with Crippen LogP contribution in [0.4, 0.5) is 10.8 Å². The van der Waals surface area contributed by atoms with Gasteiger partial charge in [0.05, 0.1) is 5.69 Å². The monoisotopic (exact) mass is 397 g/mol. The zero-order valence-corrected chi connectivity index (χ0v) is 16.0. The fourth-order valence-electron chi connectivity index (χ4n) is 2.31. The van der Waals surface area contributed by atoms with E-state index in [2.05, 4.69) is 15.6 Å². The molecule has 2 N–H and O–H groups in total. The molecule has 0 aliphatic carbocycles. The topological polar surface area (TPSA) is 71.1 Å². The van der Waals surface area contributed by atoms with Crippen LogP contribution in [0.2, 0.25) is 5.02 Å². The molecule has 2 amide bonds. The Labute approximate surface area is 165 Å². The van der Waals surface area contributed by atoms with Gasteiger partial charge in [0.15, 0.2) is 5.13 Å². The number of amides is 2. The van der Waals surface area contributed by atoms with Crippen molar-refractivity contribution in [2.45, 2.75) is 6.92 Å². The van der Waals surface area contributed by atoms with Crippen molar-refractivity contribution in [2.24, 2.45) is 0 Å². The molecule has 3 rings (SSSR count). The number of carbonyl (C=O) groups excluding carboxylic acids is 2. The van der Waals surface area contributed by atoms with Crippen LogP contribution in [0.15, 0.2) is 60.0 Å². The molecule has 0 saturated heterocycles. The summed E-state index contributed by atoms with van der Waals surface area (Å²) in [5.74, 6) is -0.400. The van der Waals surface area contributed by atoms with Gasteiger partial charge in [0.2, 0.25) is 11.8 Å². The molecule has 0 saturated carbocycles. The summed E-state index contributed by atoms with van der Waals surface area (Å²) < 4.78 is 0. The van der Waals surface area contributed by atoms with Crippen LogP contribution in [0.5, 0.6) is 0 Å². The first-order valence-corrected chi connectivity index (χ1v) is 9.34. The maximum Gasteiger partial charge on any atom is 0.250 e. The standard InChI is InChI=1S/C20H16ClN3O2S/c1-13(25)22-16-9-6-15(7-10-16)18-12-27-20(23-18)24-19(26)11-8-14-4-2-3-5-17(14)21/h2-12H,1H3,(H,22,25)(H,23,24,26)/b11-8+. The van der Waals surface area contributed by atoms with Crippen LogP contribution in [0.1, 0.15) is 12.5 Å². The highest BCUT2D eigenvalue weighted by atomic mass is 35.5. The number of rotatable bonds is 5. The quantitative estimate of drug-likeness (QED) is 0.590. The molecular formula is C20H16ClN3O2S. The van der Waals surface area contributed by atoms with E-state index in [1.54, 1.807) is 24.3 Å². The Morgan fingerprint density at radius 3 is 2.52 bits per heavy atom. The summed E-state index contributed by atoms with van der Waals surface area (Å²) in [5.41, 5.74) is 3.14. The molecule has 7 heteroatoms. The summed E-state index contributed by atoms with van der Waals surface area (Å²) in [6.07, 6.45) is 3.08. The Bertz CT molecular complexity index is 996. The molecule has 136 valence electrons. The molecule has 27 heavy (non-hydrogen) atoms. The second kappa shape index (κ2) is 8.62. The zero-order valence-electron chi connectivity index (χ0n) is 14.4. The van der Waals surface area contributed by atoms with Gasteiger partial charge >= 0.3 is 0 Å². The Morgan fingerprint density at radius 2 is 1.81 bits per heavy atom. The number of hydrogen-bond acceptors (Lipinski definition) is 4. The first-order chi connectivity index (χ1) is 13.0. The lowest BCUT2D eigenvalue weighted by Gasteiger charge is -2.02. The van der Waals surface area contributed by atoms with Gasteiger partial charge in [-0.3, -0.25) is 14.9 Å². The number of nitrogens with zero attached hydrogens (tertiary/aromatic N) is 1. The molecule has 1 aromatic heterocycles. The molecule has 1 heterocycles. The normalized spacial score (nSPS) is 10.7. The summed E-state index contributed by atoms with van der Waals surface area (Å²) in [6.45, 7) is 1.46. The summed E-state index contributed by atoms with van der Waals surface area (Å²) in [4.78, 5) is 27.6. The van der Waals surface area contributed by atoms with E-state index in [0.717, 1.165) is 22.5 Å². The predicted molar refractivity (Wildman–Crippen MR) is 111 cm³/mol. The fourth-order valence-corrected chi connectivity index (χ4v) is 3.24. The van der Waals surface area contributed by atoms with Crippen LogP contribution in [0.25, 0.3) is 17.3 Å². The summed E-state index contributed by atoms with van der Waals surface area (Å²) in [7, 11) is 0. The first kappa shape index (κ1) is 18.8. The van der Waals surface area contributed by atoms with Crippen LogP contribution >= 0.6 is 22.9 Å². The van der Waals surface area contributed by atoms with Gasteiger partial charge < -0.3 is 5.32 Å². The highest BCUT2D eigenvalue weighted by Crippen LogP contribution is 2.26. The van der Waals surface area contributed by atoms with E-state index in [1.807, 2.05) is 35.7 Å². The van der Waals surface area contributed by atoms with E-state index >= 15 is 0 Å². The molecule has 5 nitrogen and oxygen atoms in total. The van der Waals surface area contributed by atoms with Gasteiger partial charge in [-0.25, -0.2) is 4.98 Å². The number of nitrogens with one attached hydrogen (secondary N) is 2. The molecule has 3 aromatic rings. The Kier molecular flexibility index (Phi) is 6.01. The lowest BCUT2D eigenvalue weighted by molar-refractivity contribution is -0.114. The van der Waals surface area contributed by atoms with Crippen molar-refractivity contribution < 1.29 is 9.59 Å². The smallest absolute Gasteiger partial charge is 0.250 e. The number of halogens is 1. The average molecular weight is 398 g/mol. The highest BCUT2D eigenvalue weighted by molar-refractivity contribution is 7.14. The predicted octanol–water partition coefficient (Wildman–Crippen LogP) is 5.07. The molecule has 0 unspecified atom stereocenters. The summed E-state index contributed by atoms with van der Waals surface area (Å²) in [5, 5.41) is 8.41. The molecule has 0 aliphatic rings. The van der Waals surface area contributed by atoms with Gasteiger partial charge in [-0.15, -0.1) is 11.3 Å². The highest BCUT2D eigenvalue weighted by Gasteiger charge is 2.07. The molecule has 0 aliphatic heterocycles. The number of aromatic nitrogens is 1. The number of hydrogen-bond donors (Lipinski definition) is 2. The summed E-state index contributed by atoms with van der Waals surface area (Å²) in [6, 6.07) is 14.6. The van der Waals surface area contributed by atoms with Crippen LogP contribution < -0.4 is 10.6 Å². The Balaban J connectivity index is 1.64. The minimum Gasteiger partial charge on any atom is -0.326 e. The van der Waals surface area contributed by atoms with E-state index in [-0.39, 0.29) is 11.8 Å². The third kappa shape index (κ3) is 5.26. The summed E-state index contributed by atoms with van der Waals surface area (Å²) >= 11 is 7.40. The Hall–Kier alpha value is -2.96. The van der Waals surface area contributed by atoms with Crippen molar-refractivity contribution in [3.05, 3.63) is 70.6 Å². The van der Waals surface area contributed by atoms with Crippen molar-refractivity contribution in [2.75, 3.05) is 10.6 Å². The number of thiazole rings is 1. The molecule has 0 atom stereocenters. The maximum absolute atomic E-state index is 12.1. The van der Waals surface area contributed by atoms with Crippen molar-refractivity contribution in [1.82, 2.24) is 4.98 Å². The average Bonchev–Trinajstić information content (AvgIpc) is 3.09. The molecule has 0 bridgehead atoms. The first-order valence-electron chi connectivity index (χ1n) is 8.08. The van der Waals surface area contributed by atoms with Crippen LogP contribution in [-0.4, -0.2) is 16.8 Å². The van der Waals surface area contributed by atoms with Crippen LogP contribution in [-0.2, 0) is 9.59 Å². The van der Waals surface area contributed by atoms with Crippen molar-refractivity contribution in [3.63, 3.8) is 0 Å². The molecule has 2 aromatic carbocycles. The van der Waals surface area contributed by atoms with Gasteiger partial charge in [-0.1, -0.05) is 41.9 Å². The van der Waals surface area contributed by atoms with Gasteiger partial charge in [-0.05, 0) is 29.8 Å². The van der Waals surface area contributed by atoms with Gasteiger partial charge in [0.1, 0.15) is 0 Å².